The maximum Gasteiger partial charge on any atom is 0.260 e. The third-order valence-electron chi connectivity index (χ3n) is 2.71. The Bertz CT molecular complexity index is 595. The smallest absolute Gasteiger partial charge is 0.260 e. The molecule has 0 atom stereocenters. The number of rotatable bonds is 8. The fourth-order valence-electron chi connectivity index (χ4n) is 1.59. The summed E-state index contributed by atoms with van der Waals surface area (Å²) in [6, 6.07) is 12.2. The van der Waals surface area contributed by atoms with Crippen LogP contribution < -0.4 is 5.32 Å². The number of hydrogen-bond acceptors (Lipinski definition) is 5. The topological polar surface area (TPSA) is 50.7 Å². The van der Waals surface area contributed by atoms with Gasteiger partial charge < -0.3 is 10.2 Å². The molecule has 0 bridgehead atoms. The Morgan fingerprint density at radius 1 is 1.36 bits per heavy atom. The molecule has 4 nitrogen and oxygen atoms in total. The number of oxime groups is 1. The number of carbonyl (C=O) groups excluding carboxylic acids is 1. The molecule has 22 heavy (non-hydrogen) atoms. The van der Waals surface area contributed by atoms with Crippen molar-refractivity contribution in [2.45, 2.75) is 11.8 Å². The van der Waals surface area contributed by atoms with Crippen molar-refractivity contribution >= 4 is 35.2 Å². The molecule has 1 aromatic heterocycles. The van der Waals surface area contributed by atoms with E-state index >= 15 is 0 Å². The molecule has 2 aromatic rings. The van der Waals surface area contributed by atoms with Gasteiger partial charge >= 0.3 is 0 Å². The van der Waals surface area contributed by atoms with E-state index in [0.29, 0.717) is 6.54 Å². The van der Waals surface area contributed by atoms with Crippen LogP contribution in [0, 0.1) is 6.92 Å². The average Bonchev–Trinajstić information content (AvgIpc) is 3.03. The van der Waals surface area contributed by atoms with Gasteiger partial charge in [-0.3, -0.25) is 4.79 Å². The van der Waals surface area contributed by atoms with Crippen LogP contribution in [0.1, 0.15) is 10.4 Å². The van der Waals surface area contributed by atoms with Crippen molar-refractivity contribution in [2.24, 2.45) is 5.16 Å². The summed E-state index contributed by atoms with van der Waals surface area (Å²) in [4.78, 5) is 18.7. The summed E-state index contributed by atoms with van der Waals surface area (Å²) in [6.45, 7) is 2.61. The minimum Gasteiger partial charge on any atom is -0.386 e. The summed E-state index contributed by atoms with van der Waals surface area (Å²) in [5.74, 6) is 0.667. The lowest BCUT2D eigenvalue weighted by molar-refractivity contribution is -0.125. The molecule has 116 valence electrons. The summed E-state index contributed by atoms with van der Waals surface area (Å²) >= 11 is 3.28. The van der Waals surface area contributed by atoms with E-state index in [0.717, 1.165) is 10.6 Å². The van der Waals surface area contributed by atoms with Crippen molar-refractivity contribution in [3.8, 4) is 0 Å². The van der Waals surface area contributed by atoms with Crippen LogP contribution in [0.15, 0.2) is 51.8 Å². The van der Waals surface area contributed by atoms with E-state index in [9.17, 15) is 4.79 Å². The molecule has 0 aliphatic rings. The summed E-state index contributed by atoms with van der Waals surface area (Å²) in [5, 5.41) is 8.52. The number of thioether (sulfide) groups is 1. The van der Waals surface area contributed by atoms with Gasteiger partial charge in [0.05, 0.1) is 6.21 Å². The number of nitrogens with zero attached hydrogens (tertiary/aromatic N) is 1. The molecular formula is C16H18N2O2S2. The highest BCUT2D eigenvalue weighted by atomic mass is 32.2. The average molecular weight is 334 g/mol. The molecule has 0 unspecified atom stereocenters. The van der Waals surface area contributed by atoms with E-state index in [2.05, 4.69) is 41.7 Å². The first-order valence-electron chi connectivity index (χ1n) is 6.89. The minimum absolute atomic E-state index is 0.0585. The van der Waals surface area contributed by atoms with Crippen LogP contribution in [0.25, 0.3) is 0 Å². The van der Waals surface area contributed by atoms with Gasteiger partial charge in [-0.2, -0.15) is 0 Å². The zero-order chi connectivity index (χ0) is 15.6. The van der Waals surface area contributed by atoms with Gasteiger partial charge in [0.25, 0.3) is 5.91 Å². The van der Waals surface area contributed by atoms with Crippen molar-refractivity contribution in [1.82, 2.24) is 5.32 Å². The highest BCUT2D eigenvalue weighted by molar-refractivity contribution is 7.99. The van der Waals surface area contributed by atoms with Gasteiger partial charge in [-0.05, 0) is 30.5 Å². The molecule has 0 fully saturated rings. The maximum atomic E-state index is 11.5. The molecule has 0 saturated carbocycles. The van der Waals surface area contributed by atoms with Crippen molar-refractivity contribution in [1.29, 1.82) is 0 Å². The molecule has 0 aliphatic heterocycles. The van der Waals surface area contributed by atoms with Gasteiger partial charge in [-0.1, -0.05) is 28.9 Å². The lowest BCUT2D eigenvalue weighted by atomic mass is 10.2. The Labute approximate surface area is 138 Å². The van der Waals surface area contributed by atoms with Crippen molar-refractivity contribution in [3.63, 3.8) is 0 Å². The highest BCUT2D eigenvalue weighted by Crippen LogP contribution is 2.17. The first kappa shape index (κ1) is 16.6. The van der Waals surface area contributed by atoms with Gasteiger partial charge in [0.2, 0.25) is 0 Å². The molecule has 1 amide bonds. The summed E-state index contributed by atoms with van der Waals surface area (Å²) in [5.41, 5.74) is 1.25. The minimum atomic E-state index is -0.159. The highest BCUT2D eigenvalue weighted by Gasteiger charge is 2.01. The summed E-state index contributed by atoms with van der Waals surface area (Å²) < 4.78 is 0. The predicted octanol–water partition coefficient (Wildman–Crippen LogP) is 3.32. The molecule has 0 aliphatic carbocycles. The second-order valence-electron chi connectivity index (χ2n) is 4.53. The van der Waals surface area contributed by atoms with E-state index in [4.69, 9.17) is 4.84 Å². The number of thiophene rings is 1. The van der Waals surface area contributed by atoms with Gasteiger partial charge in [0, 0.05) is 22.1 Å². The van der Waals surface area contributed by atoms with Crippen molar-refractivity contribution < 1.29 is 9.63 Å². The number of benzene rings is 1. The molecule has 2 rings (SSSR count). The SMILES string of the molecule is Cc1ccc(SCCNC(=O)CO/N=C/c2cccs2)cc1. The Kier molecular flexibility index (Phi) is 6.99. The molecule has 1 N–H and O–H groups in total. The third-order valence-corrected chi connectivity index (χ3v) is 4.53. The first-order chi connectivity index (χ1) is 10.7. The van der Waals surface area contributed by atoms with Crippen LogP contribution in [0.5, 0.6) is 0 Å². The van der Waals surface area contributed by atoms with Gasteiger partial charge in [0.15, 0.2) is 6.61 Å². The van der Waals surface area contributed by atoms with E-state index in [-0.39, 0.29) is 12.5 Å². The normalized spacial score (nSPS) is 10.8. The molecular weight excluding hydrogens is 316 g/mol. The second kappa shape index (κ2) is 9.27. The fraction of sp³-hybridized carbons (Fsp3) is 0.250. The van der Waals surface area contributed by atoms with E-state index < -0.39 is 0 Å². The van der Waals surface area contributed by atoms with Crippen LogP contribution in [0.4, 0.5) is 0 Å². The van der Waals surface area contributed by atoms with Crippen LogP contribution in [-0.4, -0.2) is 31.0 Å². The van der Waals surface area contributed by atoms with Gasteiger partial charge in [-0.25, -0.2) is 0 Å². The fourth-order valence-corrected chi connectivity index (χ4v) is 2.94. The van der Waals surface area contributed by atoms with E-state index in [1.54, 1.807) is 29.3 Å². The van der Waals surface area contributed by atoms with Crippen LogP contribution in [0.2, 0.25) is 0 Å². The largest absolute Gasteiger partial charge is 0.386 e. The third kappa shape index (κ3) is 6.32. The second-order valence-corrected chi connectivity index (χ2v) is 6.68. The molecule has 0 saturated heterocycles. The van der Waals surface area contributed by atoms with Crippen LogP contribution in [0.3, 0.4) is 0 Å². The lowest BCUT2D eigenvalue weighted by Crippen LogP contribution is -2.28. The molecule has 1 aromatic carbocycles. The van der Waals surface area contributed by atoms with E-state index in [1.807, 2.05) is 17.5 Å². The van der Waals surface area contributed by atoms with Gasteiger partial charge in [-0.15, -0.1) is 23.1 Å². The zero-order valence-corrected chi connectivity index (χ0v) is 14.0. The molecule has 0 spiro atoms. The monoisotopic (exact) mass is 334 g/mol. The quantitative estimate of drug-likeness (QED) is 0.349. The lowest BCUT2D eigenvalue weighted by Gasteiger charge is -2.04. The number of amides is 1. The number of carbonyl (C=O) groups is 1. The van der Waals surface area contributed by atoms with Gasteiger partial charge in [0.1, 0.15) is 0 Å². The van der Waals surface area contributed by atoms with Crippen molar-refractivity contribution in [3.05, 3.63) is 52.2 Å². The summed E-state index contributed by atoms with van der Waals surface area (Å²) in [6.07, 6.45) is 1.60. The Hall–Kier alpha value is -1.79. The predicted molar refractivity (Wildman–Crippen MR) is 92.8 cm³/mol. The Morgan fingerprint density at radius 2 is 2.18 bits per heavy atom. The van der Waals surface area contributed by atoms with E-state index in [1.165, 1.54) is 10.5 Å². The maximum absolute atomic E-state index is 11.5. The number of aryl methyl sites for hydroxylation is 1. The number of hydrogen-bond donors (Lipinski definition) is 1. The Morgan fingerprint density at radius 3 is 2.91 bits per heavy atom. The standard InChI is InChI=1S/C16H18N2O2S2/c1-13-4-6-14(7-5-13)22-10-8-17-16(19)12-20-18-11-15-3-2-9-21-15/h2-7,9,11H,8,10,12H2,1H3,(H,17,19)/b18-11+. The Balaban J connectivity index is 1.55. The zero-order valence-electron chi connectivity index (χ0n) is 12.3. The summed E-state index contributed by atoms with van der Waals surface area (Å²) in [7, 11) is 0. The first-order valence-corrected chi connectivity index (χ1v) is 8.75. The number of nitrogens with one attached hydrogen (secondary N) is 1. The molecule has 6 heteroatoms. The molecule has 1 heterocycles. The van der Waals surface area contributed by atoms with Crippen molar-refractivity contribution in [2.75, 3.05) is 18.9 Å². The van der Waals surface area contributed by atoms with Crippen LogP contribution >= 0.6 is 23.1 Å². The molecule has 0 radical (unpaired) electrons. The van der Waals surface area contributed by atoms with Crippen LogP contribution in [-0.2, 0) is 9.63 Å².